The molecule has 0 aliphatic rings. The first-order valence-electron chi connectivity index (χ1n) is 9.12. The van der Waals surface area contributed by atoms with Crippen LogP contribution < -0.4 is 16.2 Å². The van der Waals surface area contributed by atoms with E-state index in [4.69, 9.17) is 0 Å². The van der Waals surface area contributed by atoms with E-state index in [1.807, 2.05) is 30.3 Å². The van der Waals surface area contributed by atoms with Gasteiger partial charge in [-0.25, -0.2) is 0 Å². The van der Waals surface area contributed by atoms with Crippen LogP contribution in [0.1, 0.15) is 15.9 Å². The van der Waals surface area contributed by atoms with Crippen LogP contribution in [-0.2, 0) is 13.6 Å². The zero-order chi connectivity index (χ0) is 20.6. The number of hydrogen-bond acceptors (Lipinski definition) is 5. The number of aromatic hydroxyl groups is 1. The van der Waals surface area contributed by atoms with Gasteiger partial charge in [-0.05, 0) is 11.6 Å². The van der Waals surface area contributed by atoms with Gasteiger partial charge in [-0.3, -0.25) is 14.6 Å². The summed E-state index contributed by atoms with van der Waals surface area (Å²) in [5.41, 5.74) is 1.09. The number of aromatic nitrogens is 1. The Morgan fingerprint density at radius 3 is 2.66 bits per heavy atom. The van der Waals surface area contributed by atoms with Crippen molar-refractivity contribution in [2.45, 2.75) is 6.54 Å². The average Bonchev–Trinajstić information content (AvgIpc) is 2.75. The van der Waals surface area contributed by atoms with E-state index in [0.29, 0.717) is 17.4 Å². The van der Waals surface area contributed by atoms with E-state index in [9.17, 15) is 14.7 Å². The van der Waals surface area contributed by atoms with Crippen LogP contribution in [0, 0.1) is 0 Å². The molecule has 1 heterocycles. The quantitative estimate of drug-likeness (QED) is 0.540. The third kappa shape index (κ3) is 4.70. The summed E-state index contributed by atoms with van der Waals surface area (Å²) in [5.74, 6) is -1.10. The number of amides is 1. The smallest absolute Gasteiger partial charge is 0.293 e. The molecule has 0 unspecified atom stereocenters. The van der Waals surface area contributed by atoms with Gasteiger partial charge in [0.25, 0.3) is 11.5 Å². The summed E-state index contributed by atoms with van der Waals surface area (Å²) in [7, 11) is 1.55. The predicted molar refractivity (Wildman–Crippen MR) is 114 cm³/mol. The molecule has 0 spiro atoms. The van der Waals surface area contributed by atoms with Gasteiger partial charge in [-0.15, -0.1) is 0 Å². The highest BCUT2D eigenvalue weighted by atomic mass is 16.3. The molecular weight excluding hydrogens is 368 g/mol. The summed E-state index contributed by atoms with van der Waals surface area (Å²) in [6.07, 6.45) is 4.82. The van der Waals surface area contributed by atoms with Crippen molar-refractivity contribution < 1.29 is 9.90 Å². The largest absolute Gasteiger partial charge is 0.502 e. The van der Waals surface area contributed by atoms with Crippen LogP contribution in [0.25, 0.3) is 10.9 Å². The molecule has 0 radical (unpaired) electrons. The second kappa shape index (κ2) is 9.36. The molecule has 0 aliphatic carbocycles. The Labute approximate surface area is 168 Å². The van der Waals surface area contributed by atoms with Gasteiger partial charge in [-0.1, -0.05) is 48.5 Å². The van der Waals surface area contributed by atoms with Gasteiger partial charge in [-0.2, -0.15) is 0 Å². The molecule has 148 valence electrons. The van der Waals surface area contributed by atoms with Crippen LogP contribution in [0.15, 0.2) is 76.8 Å². The third-order valence-corrected chi connectivity index (χ3v) is 4.39. The van der Waals surface area contributed by atoms with E-state index >= 15 is 0 Å². The molecule has 3 N–H and O–H groups in total. The normalized spacial score (nSPS) is 11.3. The van der Waals surface area contributed by atoms with Gasteiger partial charge in [0.05, 0.1) is 17.6 Å². The van der Waals surface area contributed by atoms with Crippen LogP contribution in [0.2, 0.25) is 0 Å². The topological polar surface area (TPSA) is 95.7 Å². The first-order chi connectivity index (χ1) is 14.1. The number of nitrogens with zero attached hydrogens (tertiary/aromatic N) is 2. The molecule has 1 aromatic heterocycles. The predicted octanol–water partition coefficient (Wildman–Crippen LogP) is 2.31. The summed E-state index contributed by atoms with van der Waals surface area (Å²) < 4.78 is 1.32. The lowest BCUT2D eigenvalue weighted by Gasteiger charge is -2.11. The maximum absolute atomic E-state index is 12.5. The molecule has 1 amide bonds. The summed E-state index contributed by atoms with van der Waals surface area (Å²) >= 11 is 0. The van der Waals surface area contributed by atoms with Gasteiger partial charge < -0.3 is 20.3 Å². The number of nitrogens with one attached hydrogen (secondary N) is 2. The van der Waals surface area contributed by atoms with Gasteiger partial charge in [0, 0.05) is 37.6 Å². The number of rotatable bonds is 7. The molecule has 0 fully saturated rings. The van der Waals surface area contributed by atoms with Crippen molar-refractivity contribution >= 4 is 23.0 Å². The SMILES string of the molecule is Cn1c(=O)c(O)c(C(=O)NCC=N/C=C\NCc2ccccc2)c2ccccc21. The fourth-order valence-corrected chi connectivity index (χ4v) is 2.92. The zero-order valence-corrected chi connectivity index (χ0v) is 16.0. The second-order valence-electron chi connectivity index (χ2n) is 6.33. The van der Waals surface area contributed by atoms with Gasteiger partial charge in [0.15, 0.2) is 5.75 Å². The van der Waals surface area contributed by atoms with Crippen molar-refractivity contribution in [1.29, 1.82) is 0 Å². The average molecular weight is 390 g/mol. The lowest BCUT2D eigenvalue weighted by atomic mass is 10.1. The molecule has 0 atom stereocenters. The molecular formula is C22H22N4O3. The highest BCUT2D eigenvalue weighted by Gasteiger charge is 2.19. The minimum absolute atomic E-state index is 0.0304. The van der Waals surface area contributed by atoms with E-state index in [1.54, 1.807) is 43.7 Å². The maximum Gasteiger partial charge on any atom is 0.293 e. The van der Waals surface area contributed by atoms with Gasteiger partial charge in [0.2, 0.25) is 0 Å². The summed E-state index contributed by atoms with van der Waals surface area (Å²) in [6.45, 7) is 0.851. The molecule has 29 heavy (non-hydrogen) atoms. The fourth-order valence-electron chi connectivity index (χ4n) is 2.92. The Hall–Kier alpha value is -3.87. The summed E-state index contributed by atoms with van der Waals surface area (Å²) in [5, 5.41) is 16.5. The van der Waals surface area contributed by atoms with Crippen molar-refractivity contribution in [3.63, 3.8) is 0 Å². The minimum atomic E-state index is -0.616. The number of carbonyl (C=O) groups excluding carboxylic acids is 1. The number of carbonyl (C=O) groups is 1. The monoisotopic (exact) mass is 390 g/mol. The fraction of sp³-hybridized carbons (Fsp3) is 0.136. The number of para-hydroxylation sites is 1. The molecule has 3 rings (SSSR count). The molecule has 2 aromatic carbocycles. The molecule has 0 bridgehead atoms. The van der Waals surface area contributed by atoms with Crippen LogP contribution in [0.5, 0.6) is 5.75 Å². The molecule has 3 aromatic rings. The Kier molecular flexibility index (Phi) is 6.42. The first kappa shape index (κ1) is 19.9. The number of pyridine rings is 1. The van der Waals surface area contributed by atoms with Crippen molar-refractivity contribution in [2.75, 3.05) is 6.54 Å². The van der Waals surface area contributed by atoms with E-state index in [-0.39, 0.29) is 12.1 Å². The van der Waals surface area contributed by atoms with Crippen LogP contribution in [0.4, 0.5) is 0 Å². The van der Waals surface area contributed by atoms with Crippen molar-refractivity contribution in [1.82, 2.24) is 15.2 Å². The van der Waals surface area contributed by atoms with Crippen molar-refractivity contribution in [3.05, 3.63) is 88.5 Å². The van der Waals surface area contributed by atoms with Crippen LogP contribution in [-0.4, -0.2) is 28.3 Å². The molecule has 7 heteroatoms. The van der Waals surface area contributed by atoms with Crippen LogP contribution in [0.3, 0.4) is 0 Å². The zero-order valence-electron chi connectivity index (χ0n) is 16.0. The van der Waals surface area contributed by atoms with Crippen LogP contribution >= 0.6 is 0 Å². The van der Waals surface area contributed by atoms with Crippen molar-refractivity contribution in [2.24, 2.45) is 12.0 Å². The molecule has 0 aliphatic heterocycles. The van der Waals surface area contributed by atoms with Gasteiger partial charge >= 0.3 is 0 Å². The lowest BCUT2D eigenvalue weighted by molar-refractivity contribution is 0.0958. The number of hydrogen-bond donors (Lipinski definition) is 3. The van der Waals surface area contributed by atoms with Crippen molar-refractivity contribution in [3.8, 4) is 5.75 Å². The number of aliphatic imine (C=N–C) groups is 1. The Bertz CT molecular complexity index is 1120. The Morgan fingerprint density at radius 2 is 1.86 bits per heavy atom. The summed E-state index contributed by atoms with van der Waals surface area (Å²) in [4.78, 5) is 28.8. The van der Waals surface area contributed by atoms with Gasteiger partial charge in [0.1, 0.15) is 0 Å². The Balaban J connectivity index is 1.58. The number of aryl methyl sites for hydroxylation is 1. The van der Waals surface area contributed by atoms with E-state index in [2.05, 4.69) is 15.6 Å². The molecule has 7 nitrogen and oxygen atoms in total. The lowest BCUT2D eigenvalue weighted by Crippen LogP contribution is -2.28. The maximum atomic E-state index is 12.5. The van der Waals surface area contributed by atoms with E-state index in [0.717, 1.165) is 5.56 Å². The number of benzene rings is 2. The van der Waals surface area contributed by atoms with E-state index < -0.39 is 17.2 Å². The standard InChI is InChI=1S/C22H22N4O3/c1-26-18-10-6-5-9-17(18)19(20(27)22(26)29)21(28)25-14-13-23-11-12-24-15-16-7-3-2-4-8-16/h2-13,24,27H,14-15H2,1H3,(H,25,28)/b12-11-,23-13?. The molecule has 0 saturated carbocycles. The summed E-state index contributed by atoms with van der Waals surface area (Å²) in [6, 6.07) is 16.9. The highest BCUT2D eigenvalue weighted by molar-refractivity contribution is 6.08. The minimum Gasteiger partial charge on any atom is -0.502 e. The number of fused-ring (bicyclic) bond motifs is 1. The highest BCUT2D eigenvalue weighted by Crippen LogP contribution is 2.23. The molecule has 0 saturated heterocycles. The first-order valence-corrected chi connectivity index (χ1v) is 9.12. The Morgan fingerprint density at radius 1 is 1.14 bits per heavy atom. The van der Waals surface area contributed by atoms with E-state index in [1.165, 1.54) is 10.8 Å². The third-order valence-electron chi connectivity index (χ3n) is 4.39. The second-order valence-corrected chi connectivity index (χ2v) is 6.33.